The molecule has 2 nitrogen and oxygen atoms in total. The van der Waals surface area contributed by atoms with Crippen molar-refractivity contribution in [1.29, 1.82) is 1.43 Å². The van der Waals surface area contributed by atoms with E-state index in [1.54, 1.807) is 0 Å². The van der Waals surface area contributed by atoms with Crippen LogP contribution in [0.1, 0.15) is 90.8 Å². The lowest BCUT2D eigenvalue weighted by atomic mass is 9.81. The second kappa shape index (κ2) is 5.35. The van der Waals surface area contributed by atoms with Gasteiger partial charge < -0.3 is 5.11 Å². The van der Waals surface area contributed by atoms with Gasteiger partial charge in [0.05, 0.1) is 9.68 Å². The molecule has 1 saturated carbocycles. The van der Waals surface area contributed by atoms with Crippen LogP contribution in [0.15, 0.2) is 18.1 Å². The zero-order chi connectivity index (χ0) is 28.8. The van der Waals surface area contributed by atoms with Gasteiger partial charge in [-0.05, 0) is 48.2 Å². The monoisotopic (exact) mass is 251 g/mol. The number of carboxylic acids is 1. The van der Waals surface area contributed by atoms with E-state index in [0.717, 1.165) is 0 Å². The lowest BCUT2D eigenvalue weighted by Crippen LogP contribution is -2.08. The highest BCUT2D eigenvalue weighted by Crippen LogP contribution is 2.34. The van der Waals surface area contributed by atoms with Crippen molar-refractivity contribution in [3.05, 3.63) is 34.8 Å². The molecule has 0 spiro atoms. The van der Waals surface area contributed by atoms with Gasteiger partial charge in [0.25, 0.3) is 1.43 Å². The van der Waals surface area contributed by atoms with Gasteiger partial charge in [-0.15, -0.1) is 0 Å². The van der Waals surface area contributed by atoms with E-state index in [2.05, 4.69) is 5.11 Å². The van der Waals surface area contributed by atoms with Crippen LogP contribution in [-0.2, 0) is 6.37 Å². The largest absolute Gasteiger partial charge is 0.478 e. The first-order chi connectivity index (χ1) is 15.7. The Bertz CT molecular complexity index is 1090. The first-order valence-corrected chi connectivity index (χ1v) is 4.49. The Hall–Kier alpha value is -1.31. The van der Waals surface area contributed by atoms with Crippen molar-refractivity contribution in [3.63, 3.8) is 0 Å². The summed E-state index contributed by atoms with van der Waals surface area (Å²) in [4.78, 5) is 12.1. The lowest BCUT2D eigenvalue weighted by molar-refractivity contribution is 0.0696. The molecule has 1 fully saturated rings. The molecule has 2 unspecified atom stereocenters. The molecule has 0 saturated heterocycles. The Balaban J connectivity index is 3.32. The second-order valence-corrected chi connectivity index (χ2v) is 2.99. The van der Waals surface area contributed by atoms with Crippen LogP contribution in [0.3, 0.4) is 0 Å². The summed E-state index contributed by atoms with van der Waals surface area (Å²) >= 11 is 0. The van der Waals surface area contributed by atoms with Gasteiger partial charge in [0.2, 0.25) is 0 Å². The molecule has 0 amide bonds. The molecule has 1 aromatic rings. The second-order valence-electron chi connectivity index (χ2n) is 2.99. The van der Waals surface area contributed by atoms with Crippen molar-refractivity contribution in [2.45, 2.75) is 51.0 Å². The van der Waals surface area contributed by atoms with Gasteiger partial charge >= 0.3 is 5.97 Å². The van der Waals surface area contributed by atoms with Gasteiger partial charge in [0, 0.05) is 20.6 Å². The Morgan fingerprint density at radius 2 is 2.71 bits per heavy atom. The third kappa shape index (κ3) is 2.68. The summed E-state index contributed by atoms with van der Waals surface area (Å²) in [6.07, 6.45) is -22.3. The lowest BCUT2D eigenvalue weighted by Gasteiger charge is -2.24. The SMILES string of the molecule is [2H]OC(=O)c1c([2H])c([2H])c(C2([2H])C([2H])C([2H])([2H])C([2H])([2H])C([2H])([2H])C2([2H])[2H])c(C([2H])([2H])C([2H])([2H])[2H])c1[2H]. The van der Waals surface area contributed by atoms with Gasteiger partial charge in [0.15, 0.2) is 0 Å². The Morgan fingerprint density at radius 1 is 1.76 bits per heavy atom. The molecule has 1 aromatic carbocycles. The van der Waals surface area contributed by atoms with E-state index >= 15 is 0 Å². The summed E-state index contributed by atoms with van der Waals surface area (Å²) in [7, 11) is 0. The fourth-order valence-electron chi connectivity index (χ4n) is 1.22. The highest BCUT2D eigenvalue weighted by Gasteiger charge is 2.18. The minimum absolute atomic E-state index is 1.32. The van der Waals surface area contributed by atoms with Crippen molar-refractivity contribution >= 4 is 5.97 Å². The minimum atomic E-state index is -4.01. The van der Waals surface area contributed by atoms with Crippen molar-refractivity contribution in [2.75, 3.05) is 0 Å². The fourth-order valence-corrected chi connectivity index (χ4v) is 1.22. The molecular formula is C15H20O2. The van der Waals surface area contributed by atoms with E-state index in [1.165, 1.54) is 0 Å². The quantitative estimate of drug-likeness (QED) is 0.882. The van der Waals surface area contributed by atoms with Crippen LogP contribution in [-0.4, -0.2) is 11.1 Å². The van der Waals surface area contributed by atoms with Gasteiger partial charge in [-0.3, -0.25) is 0 Å². The van der Waals surface area contributed by atoms with E-state index in [1.807, 2.05) is 0 Å². The third-order valence-corrected chi connectivity index (χ3v) is 1.96. The van der Waals surface area contributed by atoms with Crippen LogP contribution < -0.4 is 0 Å². The highest BCUT2D eigenvalue weighted by molar-refractivity contribution is 5.87. The molecule has 1 aliphatic rings. The summed E-state index contributed by atoms with van der Waals surface area (Å²) < 4.78 is 152. The first kappa shape index (κ1) is 2.66. The van der Waals surface area contributed by atoms with Crippen LogP contribution in [0.5, 0.6) is 0 Å². The topological polar surface area (TPSA) is 37.3 Å². The molecule has 2 heteroatoms. The van der Waals surface area contributed by atoms with E-state index in [4.69, 9.17) is 26.1 Å². The van der Waals surface area contributed by atoms with Crippen molar-refractivity contribution < 1.29 is 34.6 Å². The maximum atomic E-state index is 12.1. The molecule has 92 valence electrons. The van der Waals surface area contributed by atoms with E-state index < -0.39 is 91.8 Å². The minimum Gasteiger partial charge on any atom is -0.478 e. The zero-order valence-corrected chi connectivity index (χ0v) is 8.39. The van der Waals surface area contributed by atoms with E-state index in [0.29, 0.717) is 0 Å². The molecule has 1 N–H and O–H groups in total. The number of aromatic carboxylic acids is 1. The summed E-state index contributed by atoms with van der Waals surface area (Å²) in [6.45, 7) is -3.77. The average molecular weight is 251 g/mol. The van der Waals surface area contributed by atoms with Crippen LogP contribution >= 0.6 is 0 Å². The van der Waals surface area contributed by atoms with Gasteiger partial charge in [0.1, 0.15) is 0 Å². The number of carbonyl (C=O) groups is 1. The summed E-state index contributed by atoms with van der Waals surface area (Å²) in [5, 5.41) is 3.67. The number of carboxylic acid groups (broad SMARTS) is 1. The highest BCUT2D eigenvalue weighted by atomic mass is 16.4. The van der Waals surface area contributed by atoms with Gasteiger partial charge in [-0.1, -0.05) is 32.0 Å². The van der Waals surface area contributed by atoms with Crippen molar-refractivity contribution in [3.8, 4) is 0 Å². The average Bonchev–Trinajstić information content (AvgIpc) is 2.72. The molecule has 0 bridgehead atoms. The molecule has 0 aromatic heterocycles. The third-order valence-electron chi connectivity index (χ3n) is 1.96. The molecule has 0 aliphatic heterocycles. The summed E-state index contributed by atoms with van der Waals surface area (Å²) in [5.41, 5.74) is -4.52. The summed E-state index contributed by atoms with van der Waals surface area (Å²) in [5.74, 6) is -5.66. The van der Waals surface area contributed by atoms with Crippen LogP contribution in [0.25, 0.3) is 1.43 Å². The maximum absolute atomic E-state index is 12.1. The van der Waals surface area contributed by atoms with Gasteiger partial charge in [-0.2, -0.15) is 0 Å². The predicted molar refractivity (Wildman–Crippen MR) is 68.6 cm³/mol. The summed E-state index contributed by atoms with van der Waals surface area (Å²) in [6, 6.07) is -4.45. The molecular weight excluding hydrogens is 212 g/mol. The first-order valence-electron chi connectivity index (χ1n) is 14.0. The van der Waals surface area contributed by atoms with Crippen LogP contribution in [0, 0.1) is 0 Å². The molecule has 2 rings (SSSR count). The fraction of sp³-hybridized carbons (Fsp3) is 0.533. The Kier molecular flexibility index (Phi) is 0.836. The number of hydrogen-bond donors (Lipinski definition) is 1. The standard InChI is InChI=1S/C15H20O2/c1-2-11-10-13(15(16)17)8-9-14(11)12-6-4-3-5-7-12/h8-10,12H,2-7H2,1H3,(H,16,17)/i1D3,2D2,3D2,4D2,5D2,6D,7D2,8D,9D,10D,12D/hD. The molecule has 1 aliphatic carbocycles. The Labute approximate surface area is 129 Å². The maximum Gasteiger partial charge on any atom is 0.335 e. The van der Waals surface area contributed by atoms with Gasteiger partial charge in [-0.25, -0.2) is 4.79 Å². The number of benzene rings is 1. The smallest absolute Gasteiger partial charge is 0.335 e. The van der Waals surface area contributed by atoms with Crippen molar-refractivity contribution in [1.82, 2.24) is 0 Å². The predicted octanol–water partition coefficient (Wildman–Crippen LogP) is 3.99. The number of rotatable bonds is 3. The van der Waals surface area contributed by atoms with Crippen molar-refractivity contribution in [2.24, 2.45) is 0 Å². The number of hydrogen-bond acceptors (Lipinski definition) is 2. The normalized spacial score (nSPS) is 58.4. The van der Waals surface area contributed by atoms with E-state index in [-0.39, 0.29) is 0 Å². The zero-order valence-electron chi connectivity index (χ0n) is 27.4. The van der Waals surface area contributed by atoms with E-state index in [9.17, 15) is 4.79 Å². The Morgan fingerprint density at radius 3 is 3.53 bits per heavy atom. The van der Waals surface area contributed by atoms with Crippen LogP contribution in [0.4, 0.5) is 0 Å². The molecule has 0 radical (unpaired) electrons. The molecule has 0 heterocycles. The molecule has 2 atom stereocenters. The molecule has 17 heavy (non-hydrogen) atoms. The van der Waals surface area contributed by atoms with Crippen LogP contribution in [0.2, 0.25) is 0 Å².